The maximum Gasteiger partial charge on any atom is 0.419 e. The highest BCUT2D eigenvalue weighted by molar-refractivity contribution is 6.42. The second-order valence-corrected chi connectivity index (χ2v) is 9.89. The number of amides is 2. The number of likely N-dealkylation sites (tertiary alicyclic amines) is 1. The molecule has 0 aliphatic carbocycles. The van der Waals surface area contributed by atoms with Crippen LogP contribution in [0.15, 0.2) is 60.7 Å². The quantitative estimate of drug-likeness (QED) is 0.359. The van der Waals surface area contributed by atoms with E-state index in [9.17, 15) is 28.0 Å². The summed E-state index contributed by atoms with van der Waals surface area (Å²) in [5.41, 5.74) is 0.100. The molecule has 0 N–H and O–H groups in total. The van der Waals surface area contributed by atoms with Crippen LogP contribution in [-0.4, -0.2) is 54.9 Å². The molecule has 11 heteroatoms. The Morgan fingerprint density at radius 2 is 1.77 bits per heavy atom. The highest BCUT2D eigenvalue weighted by atomic mass is 35.5. The van der Waals surface area contributed by atoms with Gasteiger partial charge in [-0.3, -0.25) is 9.59 Å². The number of benzene rings is 3. The Morgan fingerprint density at radius 3 is 2.41 bits per heavy atom. The minimum Gasteiger partial charge on any atom is -0.496 e. The number of hydrogen-bond donors (Lipinski definition) is 0. The van der Waals surface area contributed by atoms with Crippen molar-refractivity contribution in [2.45, 2.75) is 18.1 Å². The van der Waals surface area contributed by atoms with Crippen molar-refractivity contribution in [2.75, 3.05) is 27.2 Å². The Hall–Kier alpha value is -3.74. The van der Waals surface area contributed by atoms with E-state index >= 15 is 0 Å². The lowest BCUT2D eigenvalue weighted by atomic mass is 9.93. The summed E-state index contributed by atoms with van der Waals surface area (Å²) in [5.74, 6) is -1.81. The Kier molecular flexibility index (Phi) is 8.09. The van der Waals surface area contributed by atoms with Crippen molar-refractivity contribution in [3.05, 3.63) is 98.5 Å². The van der Waals surface area contributed by atoms with Crippen LogP contribution in [-0.2, 0) is 6.18 Å². The summed E-state index contributed by atoms with van der Waals surface area (Å²) in [6, 6.07) is 15.8. The van der Waals surface area contributed by atoms with Crippen LogP contribution in [0.2, 0.25) is 10.0 Å². The molecule has 0 radical (unpaired) electrons. The number of methoxy groups -OCH3 is 1. The molecular weight excluding hydrogens is 554 g/mol. The monoisotopic (exact) mass is 575 g/mol. The molecule has 0 bridgehead atoms. The molecule has 2 atom stereocenters. The van der Waals surface area contributed by atoms with Crippen molar-refractivity contribution in [1.82, 2.24) is 9.80 Å². The fraction of sp³-hybridized carbons (Fsp3) is 0.250. The van der Waals surface area contributed by atoms with Crippen LogP contribution in [0.25, 0.3) is 0 Å². The number of nitrogens with zero attached hydrogens (tertiary/aromatic N) is 3. The van der Waals surface area contributed by atoms with Gasteiger partial charge in [-0.05, 0) is 54.1 Å². The average molecular weight is 576 g/mol. The maximum atomic E-state index is 13.6. The summed E-state index contributed by atoms with van der Waals surface area (Å²) in [4.78, 5) is 29.7. The van der Waals surface area contributed by atoms with E-state index in [2.05, 4.69) is 0 Å². The molecule has 6 nitrogen and oxygen atoms in total. The van der Waals surface area contributed by atoms with Gasteiger partial charge in [0.05, 0.1) is 40.4 Å². The van der Waals surface area contributed by atoms with Gasteiger partial charge in [0, 0.05) is 37.2 Å². The van der Waals surface area contributed by atoms with Crippen LogP contribution in [0.5, 0.6) is 5.75 Å². The van der Waals surface area contributed by atoms with E-state index in [0.717, 1.165) is 19.2 Å². The van der Waals surface area contributed by atoms with Gasteiger partial charge in [0.1, 0.15) is 5.75 Å². The van der Waals surface area contributed by atoms with Gasteiger partial charge < -0.3 is 14.5 Å². The first-order valence-corrected chi connectivity index (χ1v) is 12.5. The molecule has 1 fully saturated rings. The highest BCUT2D eigenvalue weighted by Crippen LogP contribution is 2.38. The van der Waals surface area contributed by atoms with E-state index in [1.165, 1.54) is 24.1 Å². The maximum absolute atomic E-state index is 13.6. The first-order chi connectivity index (χ1) is 18.4. The van der Waals surface area contributed by atoms with E-state index in [-0.39, 0.29) is 24.6 Å². The lowest BCUT2D eigenvalue weighted by molar-refractivity contribution is -0.138. The van der Waals surface area contributed by atoms with Crippen molar-refractivity contribution >= 4 is 35.0 Å². The predicted molar refractivity (Wildman–Crippen MR) is 140 cm³/mol. The summed E-state index contributed by atoms with van der Waals surface area (Å²) in [5, 5.41) is 9.84. The van der Waals surface area contributed by atoms with E-state index in [1.807, 2.05) is 6.07 Å². The number of rotatable bonds is 5. The third kappa shape index (κ3) is 5.82. The van der Waals surface area contributed by atoms with Gasteiger partial charge >= 0.3 is 6.18 Å². The molecule has 2 amide bonds. The van der Waals surface area contributed by atoms with Crippen LogP contribution in [0, 0.1) is 11.3 Å². The van der Waals surface area contributed by atoms with Crippen LogP contribution >= 0.6 is 23.2 Å². The molecule has 0 saturated carbocycles. The molecule has 39 heavy (non-hydrogen) atoms. The van der Waals surface area contributed by atoms with Crippen molar-refractivity contribution in [3.63, 3.8) is 0 Å². The van der Waals surface area contributed by atoms with Crippen LogP contribution in [0.1, 0.15) is 43.3 Å². The molecule has 1 aliphatic rings. The topological polar surface area (TPSA) is 73.6 Å². The number of ether oxygens (including phenoxy) is 1. The molecule has 4 rings (SSSR count). The molecule has 202 valence electrons. The molecule has 0 unspecified atom stereocenters. The smallest absolute Gasteiger partial charge is 0.419 e. The predicted octanol–water partition coefficient (Wildman–Crippen LogP) is 6.27. The number of carbonyl (C=O) groups excluding carboxylic acids is 2. The van der Waals surface area contributed by atoms with E-state index in [4.69, 9.17) is 27.9 Å². The van der Waals surface area contributed by atoms with Gasteiger partial charge in [0.25, 0.3) is 11.8 Å². The summed E-state index contributed by atoms with van der Waals surface area (Å²) in [7, 11) is 2.61. The number of carbonyl (C=O) groups is 2. The molecule has 1 aliphatic heterocycles. The second-order valence-electron chi connectivity index (χ2n) is 9.08. The first kappa shape index (κ1) is 28.3. The van der Waals surface area contributed by atoms with E-state index in [1.54, 1.807) is 41.3 Å². The Bertz CT molecular complexity index is 1470. The first-order valence-electron chi connectivity index (χ1n) is 11.7. The van der Waals surface area contributed by atoms with Crippen LogP contribution in [0.4, 0.5) is 13.2 Å². The number of alkyl halides is 3. The zero-order chi connectivity index (χ0) is 28.5. The summed E-state index contributed by atoms with van der Waals surface area (Å²) >= 11 is 12.3. The van der Waals surface area contributed by atoms with Crippen molar-refractivity contribution in [2.24, 2.45) is 0 Å². The number of hydrogen-bond acceptors (Lipinski definition) is 4. The molecule has 1 heterocycles. The Labute approximate surface area is 233 Å². The van der Waals surface area contributed by atoms with Crippen molar-refractivity contribution < 1.29 is 27.5 Å². The van der Waals surface area contributed by atoms with Gasteiger partial charge in [-0.25, -0.2) is 0 Å². The zero-order valence-electron chi connectivity index (χ0n) is 20.8. The molecule has 1 saturated heterocycles. The molecular formula is C28H22Cl2F3N3O3. The zero-order valence-corrected chi connectivity index (χ0v) is 22.3. The van der Waals surface area contributed by atoms with Gasteiger partial charge in [-0.1, -0.05) is 35.3 Å². The molecule has 0 spiro atoms. The SMILES string of the molecule is COc1ccc(C(=O)N(C)[C@@H]2CN(C(=O)c3cccc(C#N)c3)C[C@H]2c2ccc(Cl)c(Cl)c2)cc1C(F)(F)F. The molecule has 3 aromatic carbocycles. The van der Waals surface area contributed by atoms with Crippen LogP contribution < -0.4 is 4.74 Å². The summed E-state index contributed by atoms with van der Waals surface area (Å²) in [6.07, 6.45) is -4.72. The Morgan fingerprint density at radius 1 is 1.03 bits per heavy atom. The molecule has 0 aromatic heterocycles. The molecule has 3 aromatic rings. The lowest BCUT2D eigenvalue weighted by Gasteiger charge is -2.29. The number of likely N-dealkylation sites (N-methyl/N-ethyl adjacent to an activating group) is 1. The minimum atomic E-state index is -4.72. The second kappa shape index (κ2) is 11.2. The minimum absolute atomic E-state index is 0.102. The van der Waals surface area contributed by atoms with Gasteiger partial charge in [-0.15, -0.1) is 0 Å². The standard InChI is InChI=1S/C28H22Cl2F3N3O3/c1-35(26(37)19-7-9-25(39-2)21(11-19)28(31,32)33)24-15-36(27(38)18-5-3-4-16(10-18)13-34)14-20(24)17-6-8-22(29)23(30)12-17/h3-12,20,24H,14-15H2,1-2H3/t20-,24+/m0/s1. The van der Waals surface area contributed by atoms with Crippen LogP contribution in [0.3, 0.4) is 0 Å². The fourth-order valence-electron chi connectivity index (χ4n) is 4.74. The normalized spacial score (nSPS) is 17.0. The highest BCUT2D eigenvalue weighted by Gasteiger charge is 2.41. The van der Waals surface area contributed by atoms with E-state index < -0.39 is 35.4 Å². The van der Waals surface area contributed by atoms with Crippen molar-refractivity contribution in [3.8, 4) is 11.8 Å². The third-order valence-electron chi connectivity index (χ3n) is 6.76. The third-order valence-corrected chi connectivity index (χ3v) is 7.50. The van der Waals surface area contributed by atoms with E-state index in [0.29, 0.717) is 26.7 Å². The summed E-state index contributed by atoms with van der Waals surface area (Å²) in [6.45, 7) is 0.303. The van der Waals surface area contributed by atoms with Gasteiger partial charge in [0.2, 0.25) is 0 Å². The van der Waals surface area contributed by atoms with Gasteiger partial charge in [-0.2, -0.15) is 18.4 Å². The largest absolute Gasteiger partial charge is 0.496 e. The average Bonchev–Trinajstić information content (AvgIpc) is 3.38. The summed E-state index contributed by atoms with van der Waals surface area (Å²) < 4.78 is 45.6. The van der Waals surface area contributed by atoms with Gasteiger partial charge in [0.15, 0.2) is 0 Å². The fourth-order valence-corrected chi connectivity index (χ4v) is 5.04. The number of nitriles is 1. The van der Waals surface area contributed by atoms with Crippen molar-refractivity contribution in [1.29, 1.82) is 5.26 Å². The number of halogens is 5. The Balaban J connectivity index is 1.70. The lowest BCUT2D eigenvalue weighted by Crippen LogP contribution is -2.42.